The Labute approximate surface area is 124 Å². The summed E-state index contributed by atoms with van der Waals surface area (Å²) in [4.78, 5) is 11.8. The van der Waals surface area contributed by atoms with E-state index in [1.54, 1.807) is 0 Å². The van der Waals surface area contributed by atoms with Crippen LogP contribution in [0.15, 0.2) is 22.8 Å². The molecule has 0 spiro atoms. The van der Waals surface area contributed by atoms with Gasteiger partial charge >= 0.3 is 0 Å². The van der Waals surface area contributed by atoms with E-state index in [4.69, 9.17) is 4.43 Å². The van der Waals surface area contributed by atoms with Gasteiger partial charge in [-0.2, -0.15) is 0 Å². The smallest absolute Gasteiger partial charge is 0.192 e. The number of hydrogen-bond donors (Lipinski definition) is 0. The van der Waals surface area contributed by atoms with E-state index >= 15 is 0 Å². The van der Waals surface area contributed by atoms with Crippen LogP contribution in [0.1, 0.15) is 48.0 Å². The van der Waals surface area contributed by atoms with E-state index in [2.05, 4.69) is 54.6 Å². The first-order valence-corrected chi connectivity index (χ1v) is 10.4. The quantitative estimate of drug-likeness (QED) is 0.693. The monoisotopic (exact) mass is 292 g/mol. The number of hydrogen-bond acceptors (Lipinski definition) is 2. The van der Waals surface area contributed by atoms with Gasteiger partial charge in [-0.25, -0.2) is 0 Å². The average Bonchev–Trinajstić information content (AvgIpc) is 2.70. The summed E-state index contributed by atoms with van der Waals surface area (Å²) in [7, 11) is -1.85. The maximum atomic E-state index is 11.8. The van der Waals surface area contributed by atoms with E-state index in [9.17, 15) is 4.79 Å². The van der Waals surface area contributed by atoms with E-state index in [-0.39, 0.29) is 22.3 Å². The van der Waals surface area contributed by atoms with Gasteiger partial charge in [0.2, 0.25) is 0 Å². The second-order valence-electron chi connectivity index (χ2n) is 8.33. The van der Waals surface area contributed by atoms with Crippen LogP contribution in [0.25, 0.3) is 0 Å². The van der Waals surface area contributed by atoms with Crippen molar-refractivity contribution in [2.75, 3.05) is 0 Å². The molecule has 0 aromatic heterocycles. The molecule has 0 bridgehead atoms. The second-order valence-corrected chi connectivity index (χ2v) is 13.1. The van der Waals surface area contributed by atoms with Gasteiger partial charge in [-0.15, -0.1) is 0 Å². The van der Waals surface area contributed by atoms with Gasteiger partial charge in [0.1, 0.15) is 0 Å². The van der Waals surface area contributed by atoms with Gasteiger partial charge in [0.15, 0.2) is 14.1 Å². The van der Waals surface area contributed by atoms with Crippen LogP contribution in [0.2, 0.25) is 18.1 Å². The van der Waals surface area contributed by atoms with Crippen LogP contribution in [0.5, 0.6) is 0 Å². The lowest BCUT2D eigenvalue weighted by Gasteiger charge is -2.42. The molecule has 0 saturated carbocycles. The third-order valence-electron chi connectivity index (χ3n) is 5.59. The minimum Gasteiger partial charge on any atom is -0.409 e. The maximum absolute atomic E-state index is 11.8. The number of rotatable bonds is 2. The van der Waals surface area contributed by atoms with E-state index in [1.165, 1.54) is 11.1 Å². The van der Waals surface area contributed by atoms with Gasteiger partial charge in [0.25, 0.3) is 0 Å². The summed E-state index contributed by atoms with van der Waals surface area (Å²) < 4.78 is 6.69. The third kappa shape index (κ3) is 2.25. The summed E-state index contributed by atoms with van der Waals surface area (Å²) in [5.41, 5.74) is 3.72. The zero-order valence-electron chi connectivity index (χ0n) is 14.2. The molecule has 3 heteroatoms. The van der Waals surface area contributed by atoms with Crippen molar-refractivity contribution in [3.05, 3.63) is 22.8 Å². The fraction of sp³-hybridized carbons (Fsp3) is 0.706. The molecule has 0 heterocycles. The molecule has 0 aromatic rings. The van der Waals surface area contributed by atoms with Gasteiger partial charge < -0.3 is 4.43 Å². The molecular formula is C17H28O2Si. The molecule has 0 amide bonds. The third-order valence-corrected chi connectivity index (χ3v) is 10.0. The van der Waals surface area contributed by atoms with Crippen molar-refractivity contribution >= 4 is 14.1 Å². The molecule has 1 atom stereocenters. The number of ketones is 1. The molecule has 0 radical (unpaired) electrons. The van der Waals surface area contributed by atoms with Crippen LogP contribution in [0.3, 0.4) is 0 Å². The van der Waals surface area contributed by atoms with Crippen LogP contribution < -0.4 is 0 Å². The van der Waals surface area contributed by atoms with Crippen molar-refractivity contribution < 1.29 is 9.22 Å². The summed E-state index contributed by atoms with van der Waals surface area (Å²) in [5, 5.41) is 0.183. The molecule has 0 aromatic carbocycles. The van der Waals surface area contributed by atoms with E-state index in [0.717, 1.165) is 5.57 Å². The van der Waals surface area contributed by atoms with Crippen molar-refractivity contribution in [3.63, 3.8) is 0 Å². The van der Waals surface area contributed by atoms with Crippen LogP contribution in [0, 0.1) is 5.41 Å². The van der Waals surface area contributed by atoms with E-state index in [0.29, 0.717) is 6.42 Å². The summed E-state index contributed by atoms with van der Waals surface area (Å²) in [5.74, 6) is 0.230. The molecule has 2 nitrogen and oxygen atoms in total. The minimum absolute atomic E-state index is 0.00259. The number of carbonyl (C=O) groups is 1. The van der Waals surface area contributed by atoms with Crippen molar-refractivity contribution in [3.8, 4) is 0 Å². The fourth-order valence-corrected chi connectivity index (χ4v) is 4.19. The van der Waals surface area contributed by atoms with Crippen LogP contribution in [-0.4, -0.2) is 20.2 Å². The minimum atomic E-state index is -1.85. The molecule has 0 N–H and O–H groups in total. The Morgan fingerprint density at radius 3 is 2.35 bits per heavy atom. The molecular weight excluding hydrogens is 264 g/mol. The molecule has 1 unspecified atom stereocenters. The SMILES string of the molecule is CC1=C2CC(=O)C=C2C(O[Si](C)(C)C(C)(C)C)C1(C)C. The number of carbonyl (C=O) groups excluding carboxylic acids is 1. The number of allylic oxidation sites excluding steroid dienone is 1. The van der Waals surface area contributed by atoms with Crippen molar-refractivity contribution in [2.24, 2.45) is 5.41 Å². The average molecular weight is 292 g/mol. The highest BCUT2D eigenvalue weighted by Gasteiger charge is 2.50. The molecule has 2 aliphatic rings. The Balaban J connectivity index is 2.38. The topological polar surface area (TPSA) is 26.3 Å². The van der Waals surface area contributed by atoms with Gasteiger partial charge in [-0.3, -0.25) is 4.79 Å². The lowest BCUT2D eigenvalue weighted by Crippen LogP contribution is -2.47. The first-order chi connectivity index (χ1) is 8.88. The summed E-state index contributed by atoms with van der Waals surface area (Å²) in [6.07, 6.45) is 2.44. The van der Waals surface area contributed by atoms with E-state index < -0.39 is 8.32 Å². The van der Waals surface area contributed by atoms with Crippen LogP contribution in [-0.2, 0) is 9.22 Å². The first-order valence-electron chi connectivity index (χ1n) is 7.51. The summed E-state index contributed by atoms with van der Waals surface area (Å²) >= 11 is 0. The zero-order chi connectivity index (χ0) is 15.5. The van der Waals surface area contributed by atoms with Gasteiger partial charge in [0.05, 0.1) is 6.10 Å². The Kier molecular flexibility index (Phi) is 3.46. The lowest BCUT2D eigenvalue weighted by atomic mass is 9.83. The van der Waals surface area contributed by atoms with Crippen LogP contribution in [0.4, 0.5) is 0 Å². The molecule has 2 aliphatic carbocycles. The van der Waals surface area contributed by atoms with E-state index in [1.807, 2.05) is 6.08 Å². The molecule has 20 heavy (non-hydrogen) atoms. The highest BCUT2D eigenvalue weighted by Crippen LogP contribution is 2.52. The normalized spacial score (nSPS) is 26.1. The predicted molar refractivity (Wildman–Crippen MR) is 86.3 cm³/mol. The highest BCUT2D eigenvalue weighted by atomic mass is 28.4. The second kappa shape index (κ2) is 4.41. The van der Waals surface area contributed by atoms with Crippen LogP contribution >= 0.6 is 0 Å². The Morgan fingerprint density at radius 1 is 1.30 bits per heavy atom. The standard InChI is InChI=1S/C17H28O2Si/c1-11-13-9-12(18)10-14(13)15(17(11,5)6)19-20(7,8)16(2,3)4/h10,15H,9H2,1-8H3. The van der Waals surface area contributed by atoms with Crippen molar-refractivity contribution in [1.29, 1.82) is 0 Å². The summed E-state index contributed by atoms with van der Waals surface area (Å²) in [6, 6.07) is 0. The summed E-state index contributed by atoms with van der Waals surface area (Å²) in [6.45, 7) is 18.0. The maximum Gasteiger partial charge on any atom is 0.192 e. The Hall–Kier alpha value is -0.673. The largest absolute Gasteiger partial charge is 0.409 e. The zero-order valence-corrected chi connectivity index (χ0v) is 15.2. The van der Waals surface area contributed by atoms with Crippen molar-refractivity contribution in [1.82, 2.24) is 0 Å². The fourth-order valence-electron chi connectivity index (χ4n) is 2.83. The van der Waals surface area contributed by atoms with Crippen molar-refractivity contribution in [2.45, 2.75) is 72.2 Å². The molecule has 0 fully saturated rings. The molecule has 0 aliphatic heterocycles. The predicted octanol–water partition coefficient (Wildman–Crippen LogP) is 4.63. The number of fused-ring (bicyclic) bond motifs is 1. The highest BCUT2D eigenvalue weighted by molar-refractivity contribution is 6.74. The molecule has 2 rings (SSSR count). The van der Waals surface area contributed by atoms with Gasteiger partial charge in [-0.1, -0.05) is 40.2 Å². The Morgan fingerprint density at radius 2 is 1.85 bits per heavy atom. The van der Waals surface area contributed by atoms with Gasteiger partial charge in [0, 0.05) is 11.8 Å². The van der Waals surface area contributed by atoms with Gasteiger partial charge in [-0.05, 0) is 42.3 Å². The first kappa shape index (κ1) is 15.7. The Bertz CT molecular complexity index is 516. The molecule has 112 valence electrons. The lowest BCUT2D eigenvalue weighted by molar-refractivity contribution is -0.113. The molecule has 0 saturated heterocycles.